The minimum atomic E-state index is -5.87. The number of fused-ring (bicyclic) bond motifs is 1. The van der Waals surface area contributed by atoms with Gasteiger partial charge in [-0.05, 0) is 73.0 Å². The van der Waals surface area contributed by atoms with Crippen LogP contribution in [0, 0.1) is 17.3 Å². The summed E-state index contributed by atoms with van der Waals surface area (Å²) in [6.45, 7) is 7.80. The van der Waals surface area contributed by atoms with Gasteiger partial charge >= 0.3 is 12.4 Å². The maximum atomic E-state index is 12.9. The largest absolute Gasteiger partial charge is 0.429 e. The third-order valence-electron chi connectivity index (χ3n) is 8.12. The van der Waals surface area contributed by atoms with Crippen LogP contribution < -0.4 is 0 Å². The van der Waals surface area contributed by atoms with Gasteiger partial charge in [0, 0.05) is 6.42 Å². The van der Waals surface area contributed by atoms with Crippen LogP contribution in [0.5, 0.6) is 0 Å². The average Bonchev–Trinajstić information content (AvgIpc) is 3.11. The van der Waals surface area contributed by atoms with Gasteiger partial charge in [0.05, 0.1) is 12.2 Å². The molecule has 36 heavy (non-hydrogen) atoms. The van der Waals surface area contributed by atoms with Crippen molar-refractivity contribution in [1.29, 1.82) is 0 Å². The number of aliphatic hydroxyl groups excluding tert-OH is 2. The van der Waals surface area contributed by atoms with E-state index in [0.29, 0.717) is 12.0 Å². The average molecular weight is 521 g/mol. The molecule has 0 amide bonds. The highest BCUT2D eigenvalue weighted by molar-refractivity contribution is 5.40. The molecule has 3 aliphatic carbocycles. The molecule has 0 saturated heterocycles. The predicted octanol–water partition coefficient (Wildman–Crippen LogP) is 6.49. The third kappa shape index (κ3) is 5.38. The monoisotopic (exact) mass is 520 g/mol. The normalized spacial score (nSPS) is 33.4. The maximum absolute atomic E-state index is 12.9. The summed E-state index contributed by atoms with van der Waals surface area (Å²) < 4.78 is 77.7. The van der Waals surface area contributed by atoms with Crippen LogP contribution in [0.25, 0.3) is 0 Å². The maximum Gasteiger partial charge on any atom is 0.429 e. The van der Waals surface area contributed by atoms with Crippen LogP contribution in [0.1, 0.15) is 58.8 Å². The van der Waals surface area contributed by atoms with Crippen LogP contribution in [0.3, 0.4) is 0 Å². The van der Waals surface area contributed by atoms with E-state index < -0.39 is 30.2 Å². The second-order valence-electron chi connectivity index (χ2n) is 10.6. The number of aliphatic hydroxyl groups is 3. The van der Waals surface area contributed by atoms with Crippen LogP contribution in [-0.2, 0) is 0 Å². The number of allylic oxidation sites excluding steroid dienone is 6. The van der Waals surface area contributed by atoms with Crippen molar-refractivity contribution in [3.63, 3.8) is 0 Å². The Morgan fingerprint density at radius 1 is 1.14 bits per heavy atom. The molecule has 1 unspecified atom stereocenters. The predicted molar refractivity (Wildman–Crippen MR) is 125 cm³/mol. The quantitative estimate of drug-likeness (QED) is 0.287. The molecule has 0 aromatic heterocycles. The molecule has 3 nitrogen and oxygen atoms in total. The molecule has 3 aliphatic rings. The van der Waals surface area contributed by atoms with Gasteiger partial charge in [-0.2, -0.15) is 26.3 Å². The first-order chi connectivity index (χ1) is 16.5. The molecule has 202 valence electrons. The van der Waals surface area contributed by atoms with Crippen LogP contribution in [0.4, 0.5) is 26.3 Å². The Hall–Kier alpha value is -1.84. The molecular weight excluding hydrogens is 486 g/mol. The fourth-order valence-electron chi connectivity index (χ4n) is 6.00. The number of halogens is 6. The molecule has 9 heteroatoms. The van der Waals surface area contributed by atoms with Crippen molar-refractivity contribution in [2.45, 2.75) is 89.0 Å². The Morgan fingerprint density at radius 3 is 2.39 bits per heavy atom. The summed E-state index contributed by atoms with van der Waals surface area (Å²) >= 11 is 0. The summed E-state index contributed by atoms with van der Waals surface area (Å²) in [6.07, 6.45) is -2.69. The fraction of sp³-hybridized carbons (Fsp3) is 0.630. The Labute approximate surface area is 207 Å². The highest BCUT2D eigenvalue weighted by Gasteiger charge is 2.68. The molecule has 2 fully saturated rings. The van der Waals surface area contributed by atoms with Gasteiger partial charge < -0.3 is 15.3 Å². The molecule has 0 heterocycles. The SMILES string of the molecule is C=C1/C(=C\C=C2\CCC[C@]3(C)C([C@H](C)C/C=C/C(O)(C(F)(F)F)C(F)(F)F)=CC[C@@H]23)C[C@@H](O)CC1O. The Bertz CT molecular complexity index is 957. The summed E-state index contributed by atoms with van der Waals surface area (Å²) in [5.41, 5.74) is -1.56. The number of alkyl halides is 6. The van der Waals surface area contributed by atoms with Gasteiger partial charge in [-0.1, -0.05) is 55.9 Å². The van der Waals surface area contributed by atoms with Crippen molar-refractivity contribution in [3.05, 3.63) is 59.3 Å². The van der Waals surface area contributed by atoms with Gasteiger partial charge in [-0.3, -0.25) is 0 Å². The van der Waals surface area contributed by atoms with Crippen molar-refractivity contribution < 1.29 is 41.7 Å². The second kappa shape index (κ2) is 10.1. The van der Waals surface area contributed by atoms with Gasteiger partial charge in [0.1, 0.15) is 0 Å². The zero-order valence-electron chi connectivity index (χ0n) is 20.5. The smallest absolute Gasteiger partial charge is 0.393 e. The standard InChI is InChI=1S/C27H34F6O3/c1-16(6-4-13-25(36,26(28,29)30)27(31,32)33)21-10-11-22-18(7-5-12-24(21,22)3)8-9-19-14-20(34)15-23(35)17(19)2/h4,8-10,13,16,20,22-23,34-36H,2,5-7,11-12,14-15H2,1,3H3/b13-4+,18-8-,19-9-/t16-,20-,22+,23?,24-/m1/s1. The molecule has 0 spiro atoms. The van der Waals surface area contributed by atoms with E-state index in [0.717, 1.165) is 42.9 Å². The molecule has 5 atom stereocenters. The van der Waals surface area contributed by atoms with Crippen LogP contribution in [0.2, 0.25) is 0 Å². The first-order valence-electron chi connectivity index (χ1n) is 12.2. The Morgan fingerprint density at radius 2 is 1.78 bits per heavy atom. The molecule has 3 N–H and O–H groups in total. The molecule has 0 bridgehead atoms. The summed E-state index contributed by atoms with van der Waals surface area (Å²) in [5.74, 6) is -0.151. The molecule has 0 aliphatic heterocycles. The van der Waals surface area contributed by atoms with E-state index in [4.69, 9.17) is 0 Å². The van der Waals surface area contributed by atoms with E-state index in [1.54, 1.807) is 6.92 Å². The zero-order chi connectivity index (χ0) is 27.1. The van der Waals surface area contributed by atoms with Crippen LogP contribution in [-0.4, -0.2) is 45.5 Å². The highest BCUT2D eigenvalue weighted by atomic mass is 19.4. The van der Waals surface area contributed by atoms with E-state index in [2.05, 4.69) is 13.5 Å². The van der Waals surface area contributed by atoms with E-state index in [-0.39, 0.29) is 36.2 Å². The highest BCUT2D eigenvalue weighted by Crippen LogP contribution is 2.57. The van der Waals surface area contributed by atoms with Gasteiger partial charge in [-0.15, -0.1) is 0 Å². The van der Waals surface area contributed by atoms with Gasteiger partial charge in [0.25, 0.3) is 5.60 Å². The van der Waals surface area contributed by atoms with E-state index >= 15 is 0 Å². The van der Waals surface area contributed by atoms with E-state index in [9.17, 15) is 41.7 Å². The molecule has 0 radical (unpaired) electrons. The minimum Gasteiger partial charge on any atom is -0.393 e. The van der Waals surface area contributed by atoms with Crippen LogP contribution in [0.15, 0.2) is 59.3 Å². The number of hydrogen-bond acceptors (Lipinski definition) is 3. The molecule has 2 saturated carbocycles. The van der Waals surface area contributed by atoms with Crippen molar-refractivity contribution in [3.8, 4) is 0 Å². The Balaban J connectivity index is 1.76. The minimum absolute atomic E-state index is 0.0681. The lowest BCUT2D eigenvalue weighted by Crippen LogP contribution is -2.55. The molecular formula is C27H34F6O3. The Kier molecular flexibility index (Phi) is 8.09. The third-order valence-corrected chi connectivity index (χ3v) is 8.12. The van der Waals surface area contributed by atoms with Crippen molar-refractivity contribution in [2.24, 2.45) is 17.3 Å². The summed E-state index contributed by atoms with van der Waals surface area (Å²) in [5, 5.41) is 29.4. The van der Waals surface area contributed by atoms with Gasteiger partial charge in [0.2, 0.25) is 0 Å². The summed E-state index contributed by atoms with van der Waals surface area (Å²) in [6, 6.07) is 0. The lowest BCUT2D eigenvalue weighted by Gasteiger charge is -2.42. The fourth-order valence-corrected chi connectivity index (χ4v) is 6.00. The topological polar surface area (TPSA) is 60.7 Å². The van der Waals surface area contributed by atoms with Crippen LogP contribution >= 0.6 is 0 Å². The summed E-state index contributed by atoms with van der Waals surface area (Å²) in [7, 11) is 0. The zero-order valence-corrected chi connectivity index (χ0v) is 20.5. The number of rotatable bonds is 5. The molecule has 0 aromatic carbocycles. The summed E-state index contributed by atoms with van der Waals surface area (Å²) in [4.78, 5) is 0. The first kappa shape index (κ1) is 28.7. The molecule has 0 aromatic rings. The molecule has 3 rings (SSSR count). The van der Waals surface area contributed by atoms with Gasteiger partial charge in [-0.25, -0.2) is 0 Å². The van der Waals surface area contributed by atoms with E-state index in [1.165, 1.54) is 5.57 Å². The van der Waals surface area contributed by atoms with E-state index in [1.807, 2.05) is 18.2 Å². The lowest BCUT2D eigenvalue weighted by atomic mass is 9.62. The van der Waals surface area contributed by atoms with Gasteiger partial charge in [0.15, 0.2) is 0 Å². The number of hydrogen-bond donors (Lipinski definition) is 3. The lowest BCUT2D eigenvalue weighted by molar-refractivity contribution is -0.347. The van der Waals surface area contributed by atoms with Crippen molar-refractivity contribution in [2.75, 3.05) is 0 Å². The van der Waals surface area contributed by atoms with Crippen molar-refractivity contribution >= 4 is 0 Å². The first-order valence-corrected chi connectivity index (χ1v) is 12.2. The second-order valence-corrected chi connectivity index (χ2v) is 10.6. The van der Waals surface area contributed by atoms with Crippen molar-refractivity contribution in [1.82, 2.24) is 0 Å².